The van der Waals surface area contributed by atoms with E-state index in [-0.39, 0.29) is 18.9 Å². The van der Waals surface area contributed by atoms with Gasteiger partial charge in [0.05, 0.1) is 5.92 Å². The van der Waals surface area contributed by atoms with Crippen LogP contribution < -0.4 is 5.73 Å². The molecule has 0 aromatic carbocycles. The summed E-state index contributed by atoms with van der Waals surface area (Å²) in [5.41, 5.74) is 5.13. The van der Waals surface area contributed by atoms with Gasteiger partial charge in [-0.15, -0.1) is 0 Å². The largest absolute Gasteiger partial charge is 0.481 e. The third kappa shape index (κ3) is 2.26. The van der Waals surface area contributed by atoms with Gasteiger partial charge in [0.1, 0.15) is 6.04 Å². The summed E-state index contributed by atoms with van der Waals surface area (Å²) in [5.74, 6) is -2.62. The Labute approximate surface area is 87.0 Å². The molecule has 0 aromatic rings. The fraction of sp³-hybridized carbons (Fsp3) is 0.667. The monoisotopic (exact) mass is 214 g/mol. The van der Waals surface area contributed by atoms with Gasteiger partial charge in [-0.2, -0.15) is 0 Å². The molecule has 1 heterocycles. The van der Waals surface area contributed by atoms with E-state index in [0.717, 1.165) is 0 Å². The molecule has 0 spiro atoms. The Balaban J connectivity index is 2.75. The van der Waals surface area contributed by atoms with Crippen LogP contribution in [0.1, 0.15) is 19.8 Å². The summed E-state index contributed by atoms with van der Waals surface area (Å²) in [6.07, 6.45) is 0.368. The van der Waals surface area contributed by atoms with Crippen LogP contribution in [-0.4, -0.2) is 40.4 Å². The average molecular weight is 214 g/mol. The normalized spacial score (nSPS) is 22.9. The number of likely N-dealkylation sites (tertiary alicyclic amines) is 1. The third-order valence-corrected chi connectivity index (χ3v) is 2.60. The molecule has 3 N–H and O–H groups in total. The van der Waals surface area contributed by atoms with Gasteiger partial charge in [0.25, 0.3) is 0 Å². The molecule has 0 unspecified atom stereocenters. The van der Waals surface area contributed by atoms with Crippen molar-refractivity contribution in [1.29, 1.82) is 0 Å². The first-order chi connectivity index (χ1) is 6.97. The van der Waals surface area contributed by atoms with Gasteiger partial charge in [0.15, 0.2) is 0 Å². The minimum absolute atomic E-state index is 0.0425. The van der Waals surface area contributed by atoms with Crippen LogP contribution in [0, 0.1) is 5.92 Å². The number of amides is 2. The van der Waals surface area contributed by atoms with E-state index in [1.54, 1.807) is 6.92 Å². The Morgan fingerprint density at radius 2 is 2.27 bits per heavy atom. The summed E-state index contributed by atoms with van der Waals surface area (Å²) >= 11 is 0. The third-order valence-electron chi connectivity index (χ3n) is 2.60. The molecular formula is C9H14N2O4. The molecule has 6 nitrogen and oxygen atoms in total. The second kappa shape index (κ2) is 4.29. The highest BCUT2D eigenvalue weighted by Crippen LogP contribution is 2.21. The first kappa shape index (κ1) is 11.5. The number of nitrogens with zero attached hydrogens (tertiary/aromatic N) is 1. The molecule has 0 saturated carbocycles. The van der Waals surface area contributed by atoms with Crippen LogP contribution in [0.15, 0.2) is 0 Å². The lowest BCUT2D eigenvalue weighted by molar-refractivity contribution is -0.141. The number of carboxylic acids is 1. The molecule has 1 rings (SSSR count). The van der Waals surface area contributed by atoms with E-state index in [1.807, 2.05) is 0 Å². The topological polar surface area (TPSA) is 101 Å². The molecule has 1 saturated heterocycles. The summed E-state index contributed by atoms with van der Waals surface area (Å²) in [5, 5.41) is 8.75. The Morgan fingerprint density at radius 1 is 1.67 bits per heavy atom. The number of carboxylic acid groups (broad SMARTS) is 1. The Hall–Kier alpha value is -1.59. The number of rotatable bonds is 4. The van der Waals surface area contributed by atoms with Gasteiger partial charge < -0.3 is 15.7 Å². The predicted molar refractivity (Wildman–Crippen MR) is 50.7 cm³/mol. The molecule has 2 atom stereocenters. The van der Waals surface area contributed by atoms with Crippen LogP contribution in [-0.2, 0) is 14.4 Å². The van der Waals surface area contributed by atoms with Crippen molar-refractivity contribution in [3.63, 3.8) is 0 Å². The highest BCUT2D eigenvalue weighted by atomic mass is 16.4. The maximum atomic E-state index is 11.4. The minimum Gasteiger partial charge on any atom is -0.481 e. The van der Waals surface area contributed by atoms with Crippen molar-refractivity contribution in [2.75, 3.05) is 6.54 Å². The molecular weight excluding hydrogens is 200 g/mol. The number of carbonyl (C=O) groups excluding carboxylic acids is 2. The van der Waals surface area contributed by atoms with Crippen LogP contribution in [0.3, 0.4) is 0 Å². The maximum absolute atomic E-state index is 11.4. The molecule has 1 aliphatic rings. The summed E-state index contributed by atoms with van der Waals surface area (Å²) in [4.78, 5) is 34.4. The predicted octanol–water partition coefficient (Wildman–Crippen LogP) is -0.817. The first-order valence-corrected chi connectivity index (χ1v) is 4.79. The second-order valence-corrected chi connectivity index (χ2v) is 3.61. The summed E-state index contributed by atoms with van der Waals surface area (Å²) in [6.45, 7) is 1.81. The molecule has 0 aliphatic carbocycles. The molecule has 1 fully saturated rings. The van der Waals surface area contributed by atoms with Crippen LogP contribution in [0.5, 0.6) is 0 Å². The van der Waals surface area contributed by atoms with Crippen molar-refractivity contribution in [1.82, 2.24) is 4.90 Å². The molecule has 6 heteroatoms. The molecule has 1 aliphatic heterocycles. The standard InChI is InChI=1S/C9H14N2O4/c1-2-6(8(10)13)11-4-5(9(14)15)3-7(11)12/h5-6H,2-4H2,1H3,(H2,10,13)(H,14,15)/t5-,6+/m1/s1. The number of aliphatic carboxylic acids is 1. The van der Waals surface area contributed by atoms with Crippen molar-refractivity contribution in [2.45, 2.75) is 25.8 Å². The Kier molecular flexibility index (Phi) is 3.28. The van der Waals surface area contributed by atoms with Crippen LogP contribution in [0.2, 0.25) is 0 Å². The zero-order valence-electron chi connectivity index (χ0n) is 8.47. The molecule has 0 aromatic heterocycles. The maximum Gasteiger partial charge on any atom is 0.308 e. The van der Waals surface area contributed by atoms with E-state index in [0.29, 0.717) is 6.42 Å². The van der Waals surface area contributed by atoms with Crippen molar-refractivity contribution >= 4 is 17.8 Å². The van der Waals surface area contributed by atoms with E-state index in [9.17, 15) is 14.4 Å². The van der Waals surface area contributed by atoms with Gasteiger partial charge in [-0.25, -0.2) is 0 Å². The minimum atomic E-state index is -1.01. The molecule has 0 radical (unpaired) electrons. The molecule has 0 bridgehead atoms. The Morgan fingerprint density at radius 3 is 2.60 bits per heavy atom. The summed E-state index contributed by atoms with van der Waals surface area (Å²) < 4.78 is 0. The summed E-state index contributed by atoms with van der Waals surface area (Å²) in [7, 11) is 0. The van der Waals surface area contributed by atoms with Crippen LogP contribution in [0.4, 0.5) is 0 Å². The van der Waals surface area contributed by atoms with E-state index in [1.165, 1.54) is 4.90 Å². The van der Waals surface area contributed by atoms with Gasteiger partial charge >= 0.3 is 5.97 Å². The van der Waals surface area contributed by atoms with E-state index >= 15 is 0 Å². The zero-order chi connectivity index (χ0) is 11.6. The number of primary amides is 1. The van der Waals surface area contributed by atoms with Gasteiger partial charge in [0.2, 0.25) is 11.8 Å². The van der Waals surface area contributed by atoms with Crippen molar-refractivity contribution in [3.05, 3.63) is 0 Å². The number of hydrogen-bond acceptors (Lipinski definition) is 3. The number of hydrogen-bond donors (Lipinski definition) is 2. The van der Waals surface area contributed by atoms with Crippen molar-refractivity contribution in [3.8, 4) is 0 Å². The van der Waals surface area contributed by atoms with Gasteiger partial charge in [-0.3, -0.25) is 14.4 Å². The first-order valence-electron chi connectivity index (χ1n) is 4.79. The molecule has 84 valence electrons. The highest BCUT2D eigenvalue weighted by Gasteiger charge is 2.38. The van der Waals surface area contributed by atoms with E-state index < -0.39 is 23.8 Å². The smallest absolute Gasteiger partial charge is 0.308 e. The quantitative estimate of drug-likeness (QED) is 0.638. The van der Waals surface area contributed by atoms with Crippen LogP contribution in [0.25, 0.3) is 0 Å². The van der Waals surface area contributed by atoms with E-state index in [4.69, 9.17) is 10.8 Å². The average Bonchev–Trinajstić information content (AvgIpc) is 2.49. The van der Waals surface area contributed by atoms with Crippen LogP contribution >= 0.6 is 0 Å². The van der Waals surface area contributed by atoms with Gasteiger partial charge in [-0.05, 0) is 6.42 Å². The van der Waals surface area contributed by atoms with Crippen molar-refractivity contribution < 1.29 is 19.5 Å². The van der Waals surface area contributed by atoms with Gasteiger partial charge in [-0.1, -0.05) is 6.92 Å². The zero-order valence-corrected chi connectivity index (χ0v) is 8.47. The lowest BCUT2D eigenvalue weighted by Crippen LogP contribution is -2.45. The second-order valence-electron chi connectivity index (χ2n) is 3.61. The lowest BCUT2D eigenvalue weighted by atomic mass is 10.1. The number of nitrogens with two attached hydrogens (primary N) is 1. The fourth-order valence-corrected chi connectivity index (χ4v) is 1.77. The molecule has 15 heavy (non-hydrogen) atoms. The van der Waals surface area contributed by atoms with Crippen molar-refractivity contribution in [2.24, 2.45) is 11.7 Å². The highest BCUT2D eigenvalue weighted by molar-refractivity contribution is 5.91. The van der Waals surface area contributed by atoms with Gasteiger partial charge in [0, 0.05) is 13.0 Å². The molecule has 2 amide bonds. The lowest BCUT2D eigenvalue weighted by Gasteiger charge is -2.23. The van der Waals surface area contributed by atoms with E-state index in [2.05, 4.69) is 0 Å². The number of carbonyl (C=O) groups is 3. The SMILES string of the molecule is CC[C@@H](C(N)=O)N1C[C@H](C(=O)O)CC1=O. The summed E-state index contributed by atoms with van der Waals surface area (Å²) in [6, 6.07) is -0.679. The fourth-order valence-electron chi connectivity index (χ4n) is 1.77. The Bertz CT molecular complexity index is 302.